The molecule has 0 radical (unpaired) electrons. The van der Waals surface area contributed by atoms with Crippen molar-refractivity contribution in [1.29, 1.82) is 0 Å². The van der Waals surface area contributed by atoms with Crippen molar-refractivity contribution in [1.82, 2.24) is 15.1 Å². The lowest BCUT2D eigenvalue weighted by Crippen LogP contribution is -2.41. The number of piperidine rings is 1. The summed E-state index contributed by atoms with van der Waals surface area (Å²) in [6, 6.07) is 5.12. The van der Waals surface area contributed by atoms with Gasteiger partial charge in [-0.25, -0.2) is 9.18 Å². The predicted molar refractivity (Wildman–Crippen MR) is 110 cm³/mol. The van der Waals surface area contributed by atoms with Crippen molar-refractivity contribution in [3.8, 4) is 17.0 Å². The largest absolute Gasteiger partial charge is 0.507 e. The van der Waals surface area contributed by atoms with Crippen LogP contribution in [0.1, 0.15) is 56.9 Å². The molecule has 2 heterocycles. The molecule has 0 unspecified atom stereocenters. The van der Waals surface area contributed by atoms with E-state index >= 15 is 0 Å². The number of carbonyl (C=O) groups excluding carboxylic acids is 2. The average Bonchev–Trinajstić information content (AvgIpc) is 3.17. The third-order valence-electron chi connectivity index (χ3n) is 5.16. The van der Waals surface area contributed by atoms with E-state index in [2.05, 4.69) is 10.2 Å². The van der Waals surface area contributed by atoms with E-state index in [0.29, 0.717) is 36.8 Å². The number of hydrogen-bond donors (Lipinski definition) is 2. The Kier molecular flexibility index (Phi) is 6.43. The van der Waals surface area contributed by atoms with Gasteiger partial charge in [0.15, 0.2) is 5.78 Å². The Morgan fingerprint density at radius 2 is 1.97 bits per heavy atom. The number of likely N-dealkylation sites (tertiary alicyclic amines) is 1. The molecule has 0 spiro atoms. The van der Waals surface area contributed by atoms with Gasteiger partial charge in [-0.15, -0.1) is 0 Å². The number of phenols is 1. The zero-order chi connectivity index (χ0) is 21.9. The first-order valence-corrected chi connectivity index (χ1v) is 10.2. The lowest BCUT2D eigenvalue weighted by Gasteiger charge is -2.33. The number of ketones is 1. The van der Waals surface area contributed by atoms with E-state index in [-0.39, 0.29) is 23.2 Å². The van der Waals surface area contributed by atoms with Crippen molar-refractivity contribution in [2.75, 3.05) is 13.1 Å². The number of benzene rings is 1. The van der Waals surface area contributed by atoms with Gasteiger partial charge < -0.3 is 14.7 Å². The first kappa shape index (κ1) is 21.8. The van der Waals surface area contributed by atoms with Gasteiger partial charge in [0.05, 0.1) is 5.69 Å². The number of halogens is 1. The van der Waals surface area contributed by atoms with Crippen LogP contribution in [0.15, 0.2) is 24.3 Å². The molecular formula is C22H28FN3O4. The smallest absolute Gasteiger partial charge is 0.410 e. The number of Topliss-reactive ketones (excluding diaryl/α,β-unsaturated/α-hetero) is 1. The maximum atomic E-state index is 13.4. The van der Waals surface area contributed by atoms with Crippen molar-refractivity contribution in [3.63, 3.8) is 0 Å². The van der Waals surface area contributed by atoms with Gasteiger partial charge in [0.2, 0.25) is 0 Å². The summed E-state index contributed by atoms with van der Waals surface area (Å²) < 4.78 is 18.8. The Hall–Kier alpha value is -2.90. The van der Waals surface area contributed by atoms with Crippen LogP contribution in [0.3, 0.4) is 0 Å². The molecule has 0 atom stereocenters. The molecule has 1 aromatic carbocycles. The molecule has 3 rings (SSSR count). The third-order valence-corrected chi connectivity index (χ3v) is 5.16. The number of phenolic OH excluding ortho intramolecular Hbond substituents is 1. The summed E-state index contributed by atoms with van der Waals surface area (Å²) in [5, 5.41) is 16.6. The van der Waals surface area contributed by atoms with E-state index in [1.165, 1.54) is 18.2 Å². The lowest BCUT2D eigenvalue weighted by atomic mass is 9.91. The fourth-order valence-corrected chi connectivity index (χ4v) is 3.52. The van der Waals surface area contributed by atoms with E-state index in [0.717, 1.165) is 25.3 Å². The fraction of sp³-hybridized carbons (Fsp3) is 0.500. The summed E-state index contributed by atoms with van der Waals surface area (Å²) in [5.74, 6) is -0.309. The van der Waals surface area contributed by atoms with Crippen molar-refractivity contribution in [3.05, 3.63) is 35.8 Å². The highest BCUT2D eigenvalue weighted by atomic mass is 19.1. The normalized spacial score (nSPS) is 15.3. The standard InChI is InChI=1S/C22H28FN3O4/c1-22(2,3)30-21(29)26-10-8-14(9-11-26)4-6-20(28)18-13-17(24-25-18)16-12-15(23)5-7-19(16)27/h5,7,12-14,27H,4,6,8-11H2,1-3H3,(H,24,25). The van der Waals surface area contributed by atoms with Crippen LogP contribution in [0.4, 0.5) is 9.18 Å². The molecule has 30 heavy (non-hydrogen) atoms. The summed E-state index contributed by atoms with van der Waals surface area (Å²) in [6.07, 6.45) is 2.45. The molecule has 8 heteroatoms. The molecule has 7 nitrogen and oxygen atoms in total. The Bertz CT molecular complexity index is 911. The zero-order valence-electron chi connectivity index (χ0n) is 17.6. The maximum absolute atomic E-state index is 13.4. The number of aromatic amines is 1. The van der Waals surface area contributed by atoms with Crippen LogP contribution >= 0.6 is 0 Å². The van der Waals surface area contributed by atoms with Crippen LogP contribution in [-0.4, -0.2) is 50.8 Å². The van der Waals surface area contributed by atoms with Crippen LogP contribution in [0.2, 0.25) is 0 Å². The monoisotopic (exact) mass is 417 g/mol. The molecule has 1 aromatic heterocycles. The van der Waals surface area contributed by atoms with Crippen LogP contribution in [0, 0.1) is 11.7 Å². The number of ether oxygens (including phenoxy) is 1. The van der Waals surface area contributed by atoms with Crippen molar-refractivity contribution in [2.45, 2.75) is 52.1 Å². The van der Waals surface area contributed by atoms with E-state index in [1.807, 2.05) is 20.8 Å². The number of H-pyrrole nitrogens is 1. The van der Waals surface area contributed by atoms with Gasteiger partial charge in [-0.05, 0) is 70.2 Å². The van der Waals surface area contributed by atoms with Gasteiger partial charge in [0.1, 0.15) is 22.9 Å². The molecule has 162 valence electrons. The quantitative estimate of drug-likeness (QED) is 0.697. The summed E-state index contributed by atoms with van der Waals surface area (Å²) in [5.41, 5.74) is 0.381. The molecule has 1 aliphatic heterocycles. The summed E-state index contributed by atoms with van der Waals surface area (Å²) >= 11 is 0. The van der Waals surface area contributed by atoms with E-state index in [1.54, 1.807) is 4.90 Å². The topological polar surface area (TPSA) is 95.5 Å². The van der Waals surface area contributed by atoms with E-state index in [9.17, 15) is 19.1 Å². The summed E-state index contributed by atoms with van der Waals surface area (Å²) in [4.78, 5) is 26.4. The second kappa shape index (κ2) is 8.85. The summed E-state index contributed by atoms with van der Waals surface area (Å²) in [6.45, 7) is 6.79. The number of aromatic nitrogens is 2. The van der Waals surface area contributed by atoms with Gasteiger partial charge in [-0.3, -0.25) is 9.89 Å². The second-order valence-corrected chi connectivity index (χ2v) is 8.70. The van der Waals surface area contributed by atoms with Gasteiger partial charge in [0.25, 0.3) is 0 Å². The van der Waals surface area contributed by atoms with Gasteiger partial charge in [-0.1, -0.05) is 0 Å². The van der Waals surface area contributed by atoms with Gasteiger partial charge in [0, 0.05) is 25.1 Å². The molecule has 1 amide bonds. The Morgan fingerprint density at radius 1 is 1.27 bits per heavy atom. The van der Waals surface area contributed by atoms with Crippen molar-refractivity contribution >= 4 is 11.9 Å². The molecule has 2 N–H and O–H groups in total. The minimum absolute atomic E-state index is 0.0841. The molecule has 0 saturated carbocycles. The Balaban J connectivity index is 1.50. The van der Waals surface area contributed by atoms with Gasteiger partial charge in [-0.2, -0.15) is 5.10 Å². The first-order valence-electron chi connectivity index (χ1n) is 10.2. The van der Waals surface area contributed by atoms with E-state index in [4.69, 9.17) is 4.74 Å². The first-order chi connectivity index (χ1) is 14.1. The highest BCUT2D eigenvalue weighted by Gasteiger charge is 2.27. The molecule has 1 aliphatic rings. The van der Waals surface area contributed by atoms with Crippen molar-refractivity contribution in [2.24, 2.45) is 5.92 Å². The number of hydrogen-bond acceptors (Lipinski definition) is 5. The number of amides is 1. The number of nitrogens with one attached hydrogen (secondary N) is 1. The second-order valence-electron chi connectivity index (χ2n) is 8.70. The maximum Gasteiger partial charge on any atom is 0.410 e. The SMILES string of the molecule is CC(C)(C)OC(=O)N1CCC(CCC(=O)c2cc(-c3cc(F)ccc3O)n[nH]2)CC1. The third kappa shape index (κ3) is 5.58. The molecule has 1 saturated heterocycles. The van der Waals surface area contributed by atoms with Crippen LogP contribution in [0.25, 0.3) is 11.3 Å². The van der Waals surface area contributed by atoms with Crippen LogP contribution in [-0.2, 0) is 4.74 Å². The van der Waals surface area contributed by atoms with Crippen molar-refractivity contribution < 1.29 is 23.8 Å². The lowest BCUT2D eigenvalue weighted by molar-refractivity contribution is 0.0180. The zero-order valence-corrected chi connectivity index (χ0v) is 17.6. The molecule has 0 aliphatic carbocycles. The highest BCUT2D eigenvalue weighted by molar-refractivity contribution is 5.95. The Labute approximate surface area is 175 Å². The number of rotatable bonds is 5. The number of aromatic hydroxyl groups is 1. The number of nitrogens with zero attached hydrogens (tertiary/aromatic N) is 2. The van der Waals surface area contributed by atoms with Crippen LogP contribution in [0.5, 0.6) is 5.75 Å². The molecular weight excluding hydrogens is 389 g/mol. The summed E-state index contributed by atoms with van der Waals surface area (Å²) in [7, 11) is 0. The van der Waals surface area contributed by atoms with E-state index < -0.39 is 11.4 Å². The minimum Gasteiger partial charge on any atom is -0.507 e. The highest BCUT2D eigenvalue weighted by Crippen LogP contribution is 2.29. The van der Waals surface area contributed by atoms with Crippen LogP contribution < -0.4 is 0 Å². The molecule has 2 aromatic rings. The number of carbonyl (C=O) groups is 2. The van der Waals surface area contributed by atoms with Gasteiger partial charge >= 0.3 is 6.09 Å². The molecule has 1 fully saturated rings. The average molecular weight is 417 g/mol. The fourth-order valence-electron chi connectivity index (χ4n) is 3.52. The minimum atomic E-state index is -0.508. The predicted octanol–water partition coefficient (Wildman–Crippen LogP) is 4.53. The molecule has 0 bridgehead atoms. The Morgan fingerprint density at radius 3 is 2.63 bits per heavy atom.